The highest BCUT2D eigenvalue weighted by Crippen LogP contribution is 2.16. The van der Waals surface area contributed by atoms with E-state index in [0.29, 0.717) is 19.0 Å². The lowest BCUT2D eigenvalue weighted by molar-refractivity contribution is -0.000284. The van der Waals surface area contributed by atoms with Gasteiger partial charge >= 0.3 is 0 Å². The van der Waals surface area contributed by atoms with Crippen LogP contribution < -0.4 is 15.9 Å². The molecule has 0 heterocycles. The van der Waals surface area contributed by atoms with Gasteiger partial charge in [0.15, 0.2) is 5.11 Å². The van der Waals surface area contributed by atoms with E-state index >= 15 is 0 Å². The molecule has 23 heavy (non-hydrogen) atoms. The van der Waals surface area contributed by atoms with Gasteiger partial charge in [-0.2, -0.15) is 5.10 Å². The number of hydrazone groups is 1. The largest absolute Gasteiger partial charge is 0.499 e. The van der Waals surface area contributed by atoms with E-state index in [-0.39, 0.29) is 18.3 Å². The van der Waals surface area contributed by atoms with E-state index in [9.17, 15) is 5.11 Å². The van der Waals surface area contributed by atoms with Crippen molar-refractivity contribution >= 4 is 23.5 Å². The van der Waals surface area contributed by atoms with Crippen molar-refractivity contribution in [3.8, 4) is 5.75 Å². The molecule has 0 spiro atoms. The number of aliphatic hydroxyl groups excluding tert-OH is 1. The Morgan fingerprint density at radius 2 is 2.17 bits per heavy atom. The van der Waals surface area contributed by atoms with Crippen LogP contribution in [0.25, 0.3) is 0 Å². The first kappa shape index (κ1) is 18.9. The number of nitrogens with zero attached hydrogens (tertiary/aromatic N) is 1. The van der Waals surface area contributed by atoms with Gasteiger partial charge in [-0.05, 0) is 24.4 Å². The fourth-order valence-electron chi connectivity index (χ4n) is 1.53. The molecular formula is C15H21N3O4S. The maximum absolute atomic E-state index is 9.82. The van der Waals surface area contributed by atoms with Crippen LogP contribution in [0.5, 0.6) is 5.75 Å². The minimum Gasteiger partial charge on any atom is -0.499 e. The van der Waals surface area contributed by atoms with E-state index in [2.05, 4.69) is 29.3 Å². The van der Waals surface area contributed by atoms with Gasteiger partial charge in [-0.25, -0.2) is 0 Å². The summed E-state index contributed by atoms with van der Waals surface area (Å²) >= 11 is 4.66. The second-order valence-corrected chi connectivity index (χ2v) is 4.79. The molecule has 0 fully saturated rings. The van der Waals surface area contributed by atoms with Crippen molar-refractivity contribution in [2.45, 2.75) is 6.10 Å². The summed E-state index contributed by atoms with van der Waals surface area (Å²) in [5, 5.41) is 13.8. The maximum Gasteiger partial charge on any atom is 0.184 e. The quantitative estimate of drug-likeness (QED) is 0.180. The summed E-state index contributed by atoms with van der Waals surface area (Å²) in [5.74, 6) is 0.579. The Bertz CT molecular complexity index is 525. The summed E-state index contributed by atoms with van der Waals surface area (Å²) in [4.78, 5) is 0. The topological polar surface area (TPSA) is 98.3 Å². The van der Waals surface area contributed by atoms with Crippen LogP contribution in [0.4, 0.5) is 0 Å². The highest BCUT2D eigenvalue weighted by Gasteiger charge is 2.07. The Morgan fingerprint density at radius 3 is 2.91 bits per heavy atom. The molecule has 7 nitrogen and oxygen atoms in total. The summed E-state index contributed by atoms with van der Waals surface area (Å²) in [5.41, 5.74) is 8.48. The lowest BCUT2D eigenvalue weighted by Gasteiger charge is -2.14. The molecule has 8 heteroatoms. The van der Waals surface area contributed by atoms with Gasteiger partial charge in [0, 0.05) is 5.56 Å². The molecule has 1 rings (SSSR count). The van der Waals surface area contributed by atoms with Crippen LogP contribution in [0.2, 0.25) is 0 Å². The number of rotatable bonds is 11. The van der Waals surface area contributed by atoms with Crippen molar-refractivity contribution in [3.63, 3.8) is 0 Å². The normalized spacial score (nSPS) is 11.9. The second kappa shape index (κ2) is 11.4. The fraction of sp³-hybridized carbons (Fsp3) is 0.333. The maximum atomic E-state index is 9.82. The van der Waals surface area contributed by atoms with Crippen molar-refractivity contribution in [1.29, 1.82) is 0 Å². The van der Waals surface area contributed by atoms with Gasteiger partial charge in [-0.3, -0.25) is 5.43 Å². The molecule has 0 radical (unpaired) electrons. The molecule has 0 aliphatic carbocycles. The second-order valence-electron chi connectivity index (χ2n) is 4.35. The van der Waals surface area contributed by atoms with Gasteiger partial charge in [0.2, 0.25) is 0 Å². The summed E-state index contributed by atoms with van der Waals surface area (Å²) in [6.07, 6.45) is 2.12. The predicted octanol–water partition coefficient (Wildman–Crippen LogP) is 0.770. The van der Waals surface area contributed by atoms with Crippen molar-refractivity contribution in [2.75, 3.05) is 26.4 Å². The Balaban J connectivity index is 2.40. The molecule has 1 atom stereocenters. The standard InChI is InChI=1S/C15H21N3O4S/c1-2-20-7-8-21-10-13(19)11-22-14-6-4-3-5-12(14)9-17-18-15(16)23/h2-6,9,13,19H,1,7-8,10-11H2,(H3,16,18,23). The number of benzene rings is 1. The average molecular weight is 339 g/mol. The SMILES string of the molecule is C=COCCOCC(O)COc1ccccc1C=NNC(N)=S. The van der Waals surface area contributed by atoms with Crippen molar-refractivity contribution in [1.82, 2.24) is 5.43 Å². The number of aliphatic hydroxyl groups is 1. The van der Waals surface area contributed by atoms with Gasteiger partial charge in [0.25, 0.3) is 0 Å². The van der Waals surface area contributed by atoms with Crippen LogP contribution >= 0.6 is 12.2 Å². The summed E-state index contributed by atoms with van der Waals surface area (Å²) < 4.78 is 15.7. The van der Waals surface area contributed by atoms with Crippen LogP contribution in [-0.4, -0.2) is 49.0 Å². The van der Waals surface area contributed by atoms with E-state index in [4.69, 9.17) is 19.9 Å². The van der Waals surface area contributed by atoms with Gasteiger partial charge in [-0.15, -0.1) is 0 Å². The number of nitrogens with two attached hydrogens (primary N) is 1. The third kappa shape index (κ3) is 8.77. The first-order valence-electron chi connectivity index (χ1n) is 6.92. The minimum absolute atomic E-state index is 0.0765. The Hall–Kier alpha value is -2.16. The van der Waals surface area contributed by atoms with E-state index in [0.717, 1.165) is 5.56 Å². The van der Waals surface area contributed by atoms with Gasteiger partial charge in [0.1, 0.15) is 25.1 Å². The molecule has 0 aliphatic heterocycles. The first-order valence-corrected chi connectivity index (χ1v) is 7.33. The zero-order chi connectivity index (χ0) is 16.9. The van der Waals surface area contributed by atoms with Crippen molar-refractivity contribution in [2.24, 2.45) is 10.8 Å². The molecule has 4 N–H and O–H groups in total. The third-order valence-electron chi connectivity index (χ3n) is 2.50. The Morgan fingerprint density at radius 1 is 1.39 bits per heavy atom. The van der Waals surface area contributed by atoms with E-state index in [1.165, 1.54) is 12.5 Å². The number of para-hydroxylation sites is 1. The number of ether oxygens (including phenoxy) is 3. The van der Waals surface area contributed by atoms with Gasteiger partial charge in [-0.1, -0.05) is 18.7 Å². The number of hydrogen-bond donors (Lipinski definition) is 3. The fourth-order valence-corrected chi connectivity index (χ4v) is 1.58. The molecule has 1 aromatic rings. The van der Waals surface area contributed by atoms with Gasteiger partial charge in [0.05, 0.1) is 25.7 Å². The van der Waals surface area contributed by atoms with E-state index < -0.39 is 6.10 Å². The summed E-state index contributed by atoms with van der Waals surface area (Å²) in [7, 11) is 0. The number of hydrogen-bond acceptors (Lipinski definition) is 6. The summed E-state index contributed by atoms with van der Waals surface area (Å²) in [6, 6.07) is 7.25. The molecule has 126 valence electrons. The lowest BCUT2D eigenvalue weighted by atomic mass is 10.2. The monoisotopic (exact) mass is 339 g/mol. The Labute approximate surface area is 140 Å². The van der Waals surface area contributed by atoms with Crippen molar-refractivity contribution < 1.29 is 19.3 Å². The van der Waals surface area contributed by atoms with Gasteiger partial charge < -0.3 is 25.1 Å². The zero-order valence-electron chi connectivity index (χ0n) is 12.7. The first-order chi connectivity index (χ1) is 11.1. The minimum atomic E-state index is -0.751. The highest BCUT2D eigenvalue weighted by atomic mass is 32.1. The molecule has 1 aromatic carbocycles. The van der Waals surface area contributed by atoms with Crippen LogP contribution in [0.3, 0.4) is 0 Å². The molecule has 0 amide bonds. The number of thiocarbonyl (C=S) groups is 1. The smallest absolute Gasteiger partial charge is 0.184 e. The Kier molecular flexibility index (Phi) is 9.37. The van der Waals surface area contributed by atoms with Crippen molar-refractivity contribution in [3.05, 3.63) is 42.7 Å². The van der Waals surface area contributed by atoms with E-state index in [1.807, 2.05) is 18.2 Å². The number of nitrogens with one attached hydrogen (secondary N) is 1. The molecule has 1 unspecified atom stereocenters. The molecule has 0 aromatic heterocycles. The van der Waals surface area contributed by atoms with Crippen LogP contribution in [0.1, 0.15) is 5.56 Å². The average Bonchev–Trinajstić information content (AvgIpc) is 2.53. The van der Waals surface area contributed by atoms with E-state index in [1.54, 1.807) is 6.07 Å². The third-order valence-corrected chi connectivity index (χ3v) is 2.59. The van der Waals surface area contributed by atoms with Crippen LogP contribution in [0, 0.1) is 0 Å². The van der Waals surface area contributed by atoms with Crippen LogP contribution in [-0.2, 0) is 9.47 Å². The highest BCUT2D eigenvalue weighted by molar-refractivity contribution is 7.80. The molecule has 0 aliphatic rings. The lowest BCUT2D eigenvalue weighted by Crippen LogP contribution is -2.25. The predicted molar refractivity (Wildman–Crippen MR) is 92.4 cm³/mol. The molecule has 0 saturated carbocycles. The molecular weight excluding hydrogens is 318 g/mol. The molecule has 0 bridgehead atoms. The molecule has 0 saturated heterocycles. The zero-order valence-corrected chi connectivity index (χ0v) is 13.5. The van der Waals surface area contributed by atoms with Crippen LogP contribution in [0.15, 0.2) is 42.2 Å². The summed E-state index contributed by atoms with van der Waals surface area (Å²) in [6.45, 7) is 4.43.